The molecular formula is C7H16N. The van der Waals surface area contributed by atoms with Crippen LogP contribution in [0.25, 0.3) is 0 Å². The third-order valence-electron chi connectivity index (χ3n) is 1.56. The number of nitrogens with two attached hydrogens (primary N) is 1. The Kier molecular flexibility index (Phi) is 5.08. The van der Waals surface area contributed by atoms with Gasteiger partial charge in [-0.2, -0.15) is 0 Å². The summed E-state index contributed by atoms with van der Waals surface area (Å²) in [5.74, 6) is 0.764. The van der Waals surface area contributed by atoms with Gasteiger partial charge in [0, 0.05) is 0 Å². The van der Waals surface area contributed by atoms with E-state index in [1.54, 1.807) is 0 Å². The molecule has 0 aliphatic rings. The molecule has 2 N–H and O–H groups in total. The maximum Gasteiger partial charge on any atom is -0.00746 e. The van der Waals surface area contributed by atoms with Gasteiger partial charge in [-0.05, 0) is 18.9 Å². The van der Waals surface area contributed by atoms with Crippen molar-refractivity contribution in [1.29, 1.82) is 0 Å². The van der Waals surface area contributed by atoms with Crippen molar-refractivity contribution in [3.63, 3.8) is 0 Å². The summed E-state index contributed by atoms with van der Waals surface area (Å²) in [5, 5.41) is 0. The van der Waals surface area contributed by atoms with E-state index in [2.05, 4.69) is 13.8 Å². The molecule has 1 heteroatoms. The van der Waals surface area contributed by atoms with Crippen LogP contribution in [-0.4, -0.2) is 6.54 Å². The molecule has 1 nitrogen and oxygen atoms in total. The van der Waals surface area contributed by atoms with Crippen LogP contribution in [0.2, 0.25) is 0 Å². The van der Waals surface area contributed by atoms with Crippen LogP contribution in [0.1, 0.15) is 26.2 Å². The summed E-state index contributed by atoms with van der Waals surface area (Å²) in [6.45, 7) is 6.82. The highest BCUT2D eigenvalue weighted by Crippen LogP contribution is 2.09. The average Bonchev–Trinajstić information content (AvgIpc) is 1.83. The molecule has 49 valence electrons. The minimum atomic E-state index is 0.764. The van der Waals surface area contributed by atoms with Crippen molar-refractivity contribution in [2.75, 3.05) is 6.54 Å². The Bertz CT molecular complexity index is 39.7. The normalized spacial score (nSPS) is 10.5. The van der Waals surface area contributed by atoms with Crippen LogP contribution in [0.3, 0.4) is 0 Å². The second-order valence-corrected chi connectivity index (χ2v) is 2.14. The second kappa shape index (κ2) is 5.10. The molecule has 0 rings (SSSR count). The van der Waals surface area contributed by atoms with E-state index in [1.165, 1.54) is 6.42 Å². The Balaban J connectivity index is 3.07. The van der Waals surface area contributed by atoms with Crippen molar-refractivity contribution in [2.45, 2.75) is 26.2 Å². The Morgan fingerprint density at radius 2 is 2.25 bits per heavy atom. The quantitative estimate of drug-likeness (QED) is 0.590. The number of rotatable bonds is 4. The van der Waals surface area contributed by atoms with E-state index < -0.39 is 0 Å². The van der Waals surface area contributed by atoms with Gasteiger partial charge < -0.3 is 5.73 Å². The molecule has 0 fully saturated rings. The van der Waals surface area contributed by atoms with Gasteiger partial charge in [-0.1, -0.05) is 26.7 Å². The fourth-order valence-corrected chi connectivity index (χ4v) is 0.788. The molecule has 1 radical (unpaired) electrons. The van der Waals surface area contributed by atoms with Crippen molar-refractivity contribution in [2.24, 2.45) is 11.7 Å². The fraction of sp³-hybridized carbons (Fsp3) is 0.857. The third-order valence-corrected chi connectivity index (χ3v) is 1.56. The summed E-state index contributed by atoms with van der Waals surface area (Å²) >= 11 is 0. The van der Waals surface area contributed by atoms with Crippen LogP contribution in [-0.2, 0) is 0 Å². The minimum Gasteiger partial charge on any atom is -0.330 e. The molecule has 0 aromatic heterocycles. The minimum absolute atomic E-state index is 0.764. The lowest BCUT2D eigenvalue weighted by atomic mass is 10.00. The zero-order valence-electron chi connectivity index (χ0n) is 5.69. The highest BCUT2D eigenvalue weighted by molar-refractivity contribution is 4.57. The molecule has 0 amide bonds. The van der Waals surface area contributed by atoms with Crippen LogP contribution < -0.4 is 5.73 Å². The molecule has 1 unspecified atom stereocenters. The molecule has 0 aliphatic carbocycles. The molecule has 0 bridgehead atoms. The average molecular weight is 114 g/mol. The van der Waals surface area contributed by atoms with E-state index in [-0.39, 0.29) is 0 Å². The molecule has 1 atom stereocenters. The first-order valence-electron chi connectivity index (χ1n) is 3.34. The van der Waals surface area contributed by atoms with Crippen LogP contribution in [0.4, 0.5) is 0 Å². The Labute approximate surface area is 52.3 Å². The van der Waals surface area contributed by atoms with Gasteiger partial charge in [-0.15, -0.1) is 0 Å². The molecule has 0 heterocycles. The van der Waals surface area contributed by atoms with E-state index in [9.17, 15) is 0 Å². The standard InChI is InChI=1S/C7H16N/c1-3-7(4-2)5-6-8/h7H,1,3-6,8H2,2H3. The van der Waals surface area contributed by atoms with Gasteiger partial charge in [-0.25, -0.2) is 0 Å². The van der Waals surface area contributed by atoms with Gasteiger partial charge in [0.25, 0.3) is 0 Å². The Hall–Kier alpha value is -0.0400. The SMILES string of the molecule is [CH2]CC(CC)CCN. The van der Waals surface area contributed by atoms with Crippen molar-refractivity contribution >= 4 is 0 Å². The highest BCUT2D eigenvalue weighted by atomic mass is 14.5. The first-order valence-corrected chi connectivity index (χ1v) is 3.34. The molecular weight excluding hydrogens is 98.1 g/mol. The van der Waals surface area contributed by atoms with Crippen LogP contribution >= 0.6 is 0 Å². The lowest BCUT2D eigenvalue weighted by Crippen LogP contribution is -2.06. The molecule has 0 aromatic carbocycles. The number of hydrogen-bond acceptors (Lipinski definition) is 1. The first kappa shape index (κ1) is 7.96. The van der Waals surface area contributed by atoms with Crippen molar-refractivity contribution in [3.8, 4) is 0 Å². The lowest BCUT2D eigenvalue weighted by molar-refractivity contribution is 0.482. The molecule has 0 saturated carbocycles. The molecule has 0 spiro atoms. The summed E-state index contributed by atoms with van der Waals surface area (Å²) in [6, 6.07) is 0. The Morgan fingerprint density at radius 1 is 1.62 bits per heavy atom. The van der Waals surface area contributed by atoms with E-state index >= 15 is 0 Å². The van der Waals surface area contributed by atoms with E-state index in [0.717, 1.165) is 25.3 Å². The smallest absolute Gasteiger partial charge is 0.00746 e. The summed E-state index contributed by atoms with van der Waals surface area (Å²) in [4.78, 5) is 0. The maximum atomic E-state index is 5.35. The maximum absolute atomic E-state index is 5.35. The molecule has 0 aliphatic heterocycles. The second-order valence-electron chi connectivity index (χ2n) is 2.14. The predicted molar refractivity (Wildman–Crippen MR) is 37.4 cm³/mol. The third kappa shape index (κ3) is 3.03. The van der Waals surface area contributed by atoms with Gasteiger partial charge in [0.2, 0.25) is 0 Å². The lowest BCUT2D eigenvalue weighted by Gasteiger charge is -2.08. The van der Waals surface area contributed by atoms with Crippen molar-refractivity contribution in [1.82, 2.24) is 0 Å². The summed E-state index contributed by atoms with van der Waals surface area (Å²) in [7, 11) is 0. The van der Waals surface area contributed by atoms with Gasteiger partial charge in [0.05, 0.1) is 0 Å². The highest BCUT2D eigenvalue weighted by Gasteiger charge is 1.99. The van der Waals surface area contributed by atoms with E-state index in [4.69, 9.17) is 5.73 Å². The fourth-order valence-electron chi connectivity index (χ4n) is 0.788. The van der Waals surface area contributed by atoms with Crippen LogP contribution in [0.15, 0.2) is 0 Å². The van der Waals surface area contributed by atoms with Crippen molar-refractivity contribution in [3.05, 3.63) is 6.92 Å². The van der Waals surface area contributed by atoms with Crippen LogP contribution in [0.5, 0.6) is 0 Å². The summed E-state index contributed by atoms with van der Waals surface area (Å²) < 4.78 is 0. The number of hydrogen-bond donors (Lipinski definition) is 1. The van der Waals surface area contributed by atoms with Gasteiger partial charge in [0.1, 0.15) is 0 Å². The molecule has 0 saturated heterocycles. The zero-order chi connectivity index (χ0) is 6.41. The van der Waals surface area contributed by atoms with Gasteiger partial charge in [-0.3, -0.25) is 0 Å². The van der Waals surface area contributed by atoms with E-state index in [0.29, 0.717) is 0 Å². The molecule has 8 heavy (non-hydrogen) atoms. The Morgan fingerprint density at radius 3 is 2.38 bits per heavy atom. The zero-order valence-corrected chi connectivity index (χ0v) is 5.69. The van der Waals surface area contributed by atoms with Crippen molar-refractivity contribution < 1.29 is 0 Å². The van der Waals surface area contributed by atoms with E-state index in [1.807, 2.05) is 0 Å². The van der Waals surface area contributed by atoms with Gasteiger partial charge in [0.15, 0.2) is 0 Å². The summed E-state index contributed by atoms with van der Waals surface area (Å²) in [6.07, 6.45) is 3.40. The predicted octanol–water partition coefficient (Wildman–Crippen LogP) is 1.59. The topological polar surface area (TPSA) is 26.0 Å². The monoisotopic (exact) mass is 114 g/mol. The van der Waals surface area contributed by atoms with Crippen LogP contribution in [0, 0.1) is 12.8 Å². The summed E-state index contributed by atoms with van der Waals surface area (Å²) in [5.41, 5.74) is 5.35. The largest absolute Gasteiger partial charge is 0.330 e. The molecule has 0 aromatic rings. The van der Waals surface area contributed by atoms with Gasteiger partial charge >= 0.3 is 0 Å². The first-order chi connectivity index (χ1) is 3.85.